The van der Waals surface area contributed by atoms with E-state index in [1.54, 1.807) is 0 Å². The molecule has 0 bridgehead atoms. The van der Waals surface area contributed by atoms with Crippen molar-refractivity contribution in [3.63, 3.8) is 0 Å². The van der Waals surface area contributed by atoms with Crippen LogP contribution in [0.4, 0.5) is 51.2 Å². The Morgan fingerprint density at radius 2 is 0.369 bits per heavy atom. The third-order valence-corrected chi connectivity index (χ3v) is 15.8. The average Bonchev–Trinajstić information content (AvgIpc) is 3.42. The van der Waals surface area contributed by atoms with Gasteiger partial charge in [-0.3, -0.25) is 0 Å². The van der Waals surface area contributed by atoms with E-state index in [-0.39, 0.29) is 0 Å². The number of anilines is 9. The highest BCUT2D eigenvalue weighted by molar-refractivity contribution is 6.27. The lowest BCUT2D eigenvalue weighted by Gasteiger charge is -2.28. The van der Waals surface area contributed by atoms with Crippen molar-refractivity contribution >= 4 is 120 Å². The van der Waals surface area contributed by atoms with Crippen molar-refractivity contribution in [2.45, 2.75) is 20.8 Å². The van der Waals surface area contributed by atoms with Gasteiger partial charge < -0.3 is 14.7 Å². The van der Waals surface area contributed by atoms with E-state index in [1.807, 2.05) is 0 Å². The van der Waals surface area contributed by atoms with E-state index in [2.05, 4.69) is 363 Å². The van der Waals surface area contributed by atoms with Gasteiger partial charge in [0.15, 0.2) is 0 Å². The van der Waals surface area contributed by atoms with Crippen LogP contribution in [0.2, 0.25) is 0 Å². The fourth-order valence-corrected chi connectivity index (χ4v) is 11.3. The second-order valence-electron chi connectivity index (χ2n) is 21.7. The molecule has 0 amide bonds. The molecule has 13 aromatic rings. The first kappa shape index (κ1) is 52.6. The Morgan fingerprint density at radius 1 is 0.179 bits per heavy atom. The van der Waals surface area contributed by atoms with Crippen LogP contribution in [0, 0.1) is 20.8 Å². The molecule has 0 spiro atoms. The van der Waals surface area contributed by atoms with Crippen molar-refractivity contribution < 1.29 is 0 Å². The van der Waals surface area contributed by atoms with E-state index in [1.165, 1.54) is 65.7 Å². The van der Waals surface area contributed by atoms with Crippen LogP contribution < -0.4 is 14.7 Å². The van der Waals surface area contributed by atoms with Gasteiger partial charge in [-0.15, -0.1) is 0 Å². The molecule has 13 aromatic carbocycles. The normalized spacial score (nSPS) is 11.6. The van der Waals surface area contributed by atoms with Gasteiger partial charge in [0.05, 0.1) is 0 Å². The minimum absolute atomic E-state index is 1.07. The molecule has 0 saturated carbocycles. The van der Waals surface area contributed by atoms with Gasteiger partial charge in [0.1, 0.15) is 0 Å². The Labute approximate surface area is 493 Å². The zero-order valence-corrected chi connectivity index (χ0v) is 47.5. The van der Waals surface area contributed by atoms with E-state index in [9.17, 15) is 0 Å². The standard InChI is InChI=1S/C81H63N3/c1-58-19-25-61(26-20-58)31-34-64-37-43-70(44-38-64)82(67-13-7-4-8-14-67)73-49-52-76-79(55-73)77-53-50-74(83(68-15-9-5-10-16-68)71-45-39-65(40-46-71)35-32-62-27-21-59(2)22-28-62)57-81(77)78-54-51-75(56-80(76)78)84(69-17-11-6-12-18-69)72-47-41-66(42-48-72)36-33-63-29-23-60(3)24-30-63/h4-57H,1-3H3/b34-31+,35-32+,36-33+. The van der Waals surface area contributed by atoms with E-state index in [0.29, 0.717) is 0 Å². The molecule has 0 saturated heterocycles. The predicted octanol–water partition coefficient (Wildman–Crippen LogP) is 23.0. The molecule has 0 fully saturated rings. The summed E-state index contributed by atoms with van der Waals surface area (Å²) in [4.78, 5) is 7.13. The molecule has 0 atom stereocenters. The van der Waals surface area contributed by atoms with Crippen LogP contribution in [-0.2, 0) is 0 Å². The van der Waals surface area contributed by atoms with Crippen molar-refractivity contribution in [3.05, 3.63) is 341 Å². The topological polar surface area (TPSA) is 9.72 Å². The summed E-state index contributed by atoms with van der Waals surface area (Å²) < 4.78 is 0. The maximum Gasteiger partial charge on any atom is 0.0468 e. The third kappa shape index (κ3) is 11.5. The summed E-state index contributed by atoms with van der Waals surface area (Å²) in [5.41, 5.74) is 20.4. The second kappa shape index (κ2) is 23.8. The van der Waals surface area contributed by atoms with E-state index in [4.69, 9.17) is 0 Å². The fourth-order valence-electron chi connectivity index (χ4n) is 11.3. The highest BCUT2D eigenvalue weighted by Gasteiger charge is 2.21. The first-order chi connectivity index (χ1) is 41.3. The minimum atomic E-state index is 1.07. The molecule has 0 heterocycles. The summed E-state index contributed by atoms with van der Waals surface area (Å²) in [5.74, 6) is 0. The largest absolute Gasteiger partial charge is 0.310 e. The van der Waals surface area contributed by atoms with Crippen LogP contribution in [0.15, 0.2) is 291 Å². The van der Waals surface area contributed by atoms with Crippen LogP contribution in [0.1, 0.15) is 50.1 Å². The second-order valence-corrected chi connectivity index (χ2v) is 21.7. The molecule has 0 N–H and O–H groups in total. The summed E-state index contributed by atoms with van der Waals surface area (Å²) in [6.07, 6.45) is 13.1. The van der Waals surface area contributed by atoms with Gasteiger partial charge in [-0.05, 0) is 196 Å². The molecular formula is C81H63N3. The molecule has 0 aromatic heterocycles. The third-order valence-electron chi connectivity index (χ3n) is 15.8. The van der Waals surface area contributed by atoms with Gasteiger partial charge in [-0.25, -0.2) is 0 Å². The first-order valence-electron chi connectivity index (χ1n) is 28.9. The van der Waals surface area contributed by atoms with E-state index >= 15 is 0 Å². The average molecular weight is 1080 g/mol. The summed E-state index contributed by atoms with van der Waals surface area (Å²) in [6, 6.07) is 106. The predicted molar refractivity (Wildman–Crippen MR) is 363 cm³/mol. The molecule has 0 aliphatic carbocycles. The minimum Gasteiger partial charge on any atom is -0.310 e. The maximum atomic E-state index is 2.40. The van der Waals surface area contributed by atoms with E-state index in [0.717, 1.165) is 67.9 Å². The van der Waals surface area contributed by atoms with Gasteiger partial charge in [0, 0.05) is 51.2 Å². The van der Waals surface area contributed by atoms with Crippen LogP contribution in [-0.4, -0.2) is 0 Å². The molecule has 402 valence electrons. The molecule has 0 aliphatic heterocycles. The summed E-state index contributed by atoms with van der Waals surface area (Å²) >= 11 is 0. The van der Waals surface area contributed by atoms with Crippen LogP contribution in [0.5, 0.6) is 0 Å². The van der Waals surface area contributed by atoms with Crippen molar-refractivity contribution in [1.29, 1.82) is 0 Å². The number of fused-ring (bicyclic) bond motifs is 6. The number of hydrogen-bond acceptors (Lipinski definition) is 3. The van der Waals surface area contributed by atoms with Gasteiger partial charge in [0.2, 0.25) is 0 Å². The number of rotatable bonds is 15. The summed E-state index contributed by atoms with van der Waals surface area (Å²) in [7, 11) is 0. The van der Waals surface area contributed by atoms with Gasteiger partial charge in [0.25, 0.3) is 0 Å². The number of hydrogen-bond donors (Lipinski definition) is 0. The van der Waals surface area contributed by atoms with Crippen LogP contribution >= 0.6 is 0 Å². The number of benzene rings is 13. The van der Waals surface area contributed by atoms with Crippen molar-refractivity contribution in [2.24, 2.45) is 0 Å². The molecule has 84 heavy (non-hydrogen) atoms. The zero-order valence-electron chi connectivity index (χ0n) is 47.5. The lowest BCUT2D eigenvalue weighted by atomic mass is 9.92. The van der Waals surface area contributed by atoms with Crippen LogP contribution in [0.25, 0.3) is 68.8 Å². The molecule has 13 rings (SSSR count). The van der Waals surface area contributed by atoms with Crippen molar-refractivity contribution in [1.82, 2.24) is 0 Å². The molecule has 3 heteroatoms. The van der Waals surface area contributed by atoms with Gasteiger partial charge in [-0.2, -0.15) is 0 Å². The van der Waals surface area contributed by atoms with E-state index < -0.39 is 0 Å². The molecular weight excluding hydrogens is 1010 g/mol. The lowest BCUT2D eigenvalue weighted by Crippen LogP contribution is -2.10. The molecule has 0 aliphatic rings. The Balaban J connectivity index is 0.962. The highest BCUT2D eigenvalue weighted by Crippen LogP contribution is 2.46. The lowest BCUT2D eigenvalue weighted by molar-refractivity contribution is 1.28. The Kier molecular flexibility index (Phi) is 14.9. The highest BCUT2D eigenvalue weighted by atomic mass is 15.2. The van der Waals surface area contributed by atoms with Gasteiger partial charge >= 0.3 is 0 Å². The monoisotopic (exact) mass is 1080 g/mol. The molecule has 3 nitrogen and oxygen atoms in total. The number of para-hydroxylation sites is 3. The zero-order chi connectivity index (χ0) is 56.8. The first-order valence-corrected chi connectivity index (χ1v) is 28.9. The van der Waals surface area contributed by atoms with Crippen molar-refractivity contribution in [3.8, 4) is 0 Å². The fraction of sp³-hybridized carbons (Fsp3) is 0.0370. The molecule has 0 radical (unpaired) electrons. The molecule has 0 unspecified atom stereocenters. The Morgan fingerprint density at radius 3 is 0.595 bits per heavy atom. The van der Waals surface area contributed by atoms with Crippen molar-refractivity contribution in [2.75, 3.05) is 14.7 Å². The summed E-state index contributed by atoms with van der Waals surface area (Å²) in [5, 5.41) is 7.05. The summed E-state index contributed by atoms with van der Waals surface area (Å²) in [6.45, 7) is 6.37. The SMILES string of the molecule is Cc1ccc(/C=C/c2ccc(N(c3ccccc3)c3ccc4c(c3)c3ccc(N(c5ccccc5)c5ccc(/C=C/c6ccc(C)cc6)cc5)cc3c3ccc(N(c5ccccc5)c5ccc(/C=C/c6ccc(C)cc6)cc5)cc43)cc2)cc1. The quantitative estimate of drug-likeness (QED) is 0.0748. The van der Waals surface area contributed by atoms with Crippen LogP contribution in [0.3, 0.4) is 0 Å². The smallest absolute Gasteiger partial charge is 0.0468 e. The Bertz CT molecular complexity index is 3990. The van der Waals surface area contributed by atoms with Gasteiger partial charge in [-0.1, -0.05) is 235 Å². The number of aryl methyl sites for hydroxylation is 3. The Hall–Kier alpha value is -10.7. The number of nitrogens with zero attached hydrogens (tertiary/aromatic N) is 3. The maximum absolute atomic E-state index is 2.40.